The maximum absolute atomic E-state index is 13.3. The molecule has 0 aliphatic rings. The van der Waals surface area contributed by atoms with Gasteiger partial charge in [0.25, 0.3) is 0 Å². The second kappa shape index (κ2) is 6.07. The summed E-state index contributed by atoms with van der Waals surface area (Å²) in [5.74, 6) is -0.317. The molecule has 2 nitrogen and oxygen atoms in total. The van der Waals surface area contributed by atoms with E-state index in [2.05, 4.69) is 26.2 Å². The molecule has 0 spiro atoms. The molecule has 0 saturated heterocycles. The summed E-state index contributed by atoms with van der Waals surface area (Å²) in [6.07, 6.45) is 2.91. The fourth-order valence-electron chi connectivity index (χ4n) is 1.91. The van der Waals surface area contributed by atoms with Gasteiger partial charge in [0.1, 0.15) is 5.82 Å². The van der Waals surface area contributed by atoms with Gasteiger partial charge in [-0.15, -0.1) is 0 Å². The van der Waals surface area contributed by atoms with Crippen LogP contribution in [-0.2, 0) is 0 Å². The van der Waals surface area contributed by atoms with Gasteiger partial charge in [-0.2, -0.15) is 0 Å². The van der Waals surface area contributed by atoms with Gasteiger partial charge < -0.3 is 5.32 Å². The van der Waals surface area contributed by atoms with Crippen molar-refractivity contribution in [2.75, 3.05) is 6.54 Å². The van der Waals surface area contributed by atoms with Gasteiger partial charge in [0.05, 0.1) is 12.2 Å². The molecule has 0 aliphatic heterocycles. The molecule has 1 aromatic carbocycles. The molecule has 0 amide bonds. The molecular weight excluding hydrogens is 295 g/mol. The van der Waals surface area contributed by atoms with Crippen LogP contribution in [0.2, 0.25) is 0 Å². The van der Waals surface area contributed by atoms with E-state index in [0.29, 0.717) is 0 Å². The number of hydrogen-bond acceptors (Lipinski definition) is 2. The molecule has 18 heavy (non-hydrogen) atoms. The topological polar surface area (TPSA) is 24.9 Å². The Morgan fingerprint density at radius 3 is 2.78 bits per heavy atom. The summed E-state index contributed by atoms with van der Waals surface area (Å²) in [6.45, 7) is 2.82. The number of aromatic nitrogens is 1. The average molecular weight is 309 g/mol. The number of halogens is 2. The second-order valence-corrected chi connectivity index (χ2v) is 4.80. The third-order valence-electron chi connectivity index (χ3n) is 2.68. The summed E-state index contributed by atoms with van der Waals surface area (Å²) in [5, 5.41) is 3.35. The summed E-state index contributed by atoms with van der Waals surface area (Å²) >= 11 is 3.53. The van der Waals surface area contributed by atoms with Crippen LogP contribution in [-0.4, -0.2) is 11.5 Å². The Kier molecular flexibility index (Phi) is 4.44. The van der Waals surface area contributed by atoms with E-state index in [0.717, 1.165) is 22.1 Å². The van der Waals surface area contributed by atoms with Crippen molar-refractivity contribution in [2.24, 2.45) is 0 Å². The minimum Gasteiger partial charge on any atom is -0.306 e. The van der Waals surface area contributed by atoms with E-state index in [-0.39, 0.29) is 11.9 Å². The van der Waals surface area contributed by atoms with E-state index in [4.69, 9.17) is 0 Å². The van der Waals surface area contributed by atoms with Crippen LogP contribution < -0.4 is 5.32 Å². The van der Waals surface area contributed by atoms with Crippen LogP contribution in [0.1, 0.15) is 24.1 Å². The van der Waals surface area contributed by atoms with Crippen LogP contribution in [0.5, 0.6) is 0 Å². The third-order valence-corrected chi connectivity index (χ3v) is 3.41. The lowest BCUT2D eigenvalue weighted by atomic mass is 10.0. The van der Waals surface area contributed by atoms with Crippen molar-refractivity contribution in [3.8, 4) is 0 Å². The van der Waals surface area contributed by atoms with Gasteiger partial charge in [0.15, 0.2) is 0 Å². The molecule has 94 valence electrons. The Balaban J connectivity index is 2.43. The van der Waals surface area contributed by atoms with E-state index >= 15 is 0 Å². The fourth-order valence-corrected chi connectivity index (χ4v) is 2.42. The van der Waals surface area contributed by atoms with Gasteiger partial charge >= 0.3 is 0 Å². The van der Waals surface area contributed by atoms with E-state index in [1.807, 2.05) is 31.2 Å². The summed E-state index contributed by atoms with van der Waals surface area (Å²) in [5.41, 5.74) is 1.90. The van der Waals surface area contributed by atoms with Crippen LogP contribution in [0.3, 0.4) is 0 Å². The number of nitrogens with zero attached hydrogens (tertiary/aromatic N) is 1. The second-order valence-electron chi connectivity index (χ2n) is 3.95. The highest BCUT2D eigenvalue weighted by Crippen LogP contribution is 2.28. The first-order chi connectivity index (χ1) is 8.72. The molecule has 4 heteroatoms. The summed E-state index contributed by atoms with van der Waals surface area (Å²) in [7, 11) is 0. The van der Waals surface area contributed by atoms with Crippen molar-refractivity contribution in [2.45, 2.75) is 13.0 Å². The summed E-state index contributed by atoms with van der Waals surface area (Å²) in [4.78, 5) is 3.91. The average Bonchev–Trinajstić information content (AvgIpc) is 2.37. The molecule has 0 saturated carbocycles. The van der Waals surface area contributed by atoms with Crippen LogP contribution in [0.4, 0.5) is 4.39 Å². The molecule has 1 atom stereocenters. The first-order valence-corrected chi connectivity index (χ1v) is 6.60. The Labute approximate surface area is 114 Å². The normalized spacial score (nSPS) is 12.4. The zero-order valence-corrected chi connectivity index (χ0v) is 11.6. The first kappa shape index (κ1) is 13.2. The molecule has 1 N–H and O–H groups in total. The van der Waals surface area contributed by atoms with Crippen molar-refractivity contribution in [1.29, 1.82) is 0 Å². The van der Waals surface area contributed by atoms with Gasteiger partial charge in [-0.25, -0.2) is 4.39 Å². The molecule has 0 radical (unpaired) electrons. The number of nitrogens with one attached hydrogen (secondary N) is 1. The van der Waals surface area contributed by atoms with Crippen molar-refractivity contribution in [1.82, 2.24) is 10.3 Å². The molecule has 0 fully saturated rings. The standard InChI is InChI=1S/C14H14BrFN2/c1-2-18-14(10-7-11(16)9-17-8-10)12-5-3-4-6-13(12)15/h3-9,14,18H,2H2,1H3. The summed E-state index contributed by atoms with van der Waals surface area (Å²) < 4.78 is 14.3. The molecule has 1 unspecified atom stereocenters. The van der Waals surface area contributed by atoms with Gasteiger partial charge in [-0.05, 0) is 29.8 Å². The lowest BCUT2D eigenvalue weighted by Crippen LogP contribution is -2.22. The zero-order chi connectivity index (χ0) is 13.0. The number of benzene rings is 1. The third kappa shape index (κ3) is 2.94. The molecule has 2 aromatic rings. The Morgan fingerprint density at radius 2 is 2.11 bits per heavy atom. The van der Waals surface area contributed by atoms with Gasteiger partial charge in [-0.3, -0.25) is 4.98 Å². The summed E-state index contributed by atoms with van der Waals surface area (Å²) in [6, 6.07) is 9.38. The highest BCUT2D eigenvalue weighted by molar-refractivity contribution is 9.10. The van der Waals surface area contributed by atoms with E-state index in [1.54, 1.807) is 6.20 Å². The largest absolute Gasteiger partial charge is 0.306 e. The van der Waals surface area contributed by atoms with Crippen LogP contribution >= 0.6 is 15.9 Å². The quantitative estimate of drug-likeness (QED) is 0.932. The lowest BCUT2D eigenvalue weighted by molar-refractivity contribution is 0.595. The molecule has 0 aliphatic carbocycles. The molecule has 1 heterocycles. The van der Waals surface area contributed by atoms with Crippen LogP contribution in [0.25, 0.3) is 0 Å². The monoisotopic (exact) mass is 308 g/mol. The minimum atomic E-state index is -0.317. The highest BCUT2D eigenvalue weighted by Gasteiger charge is 2.16. The maximum Gasteiger partial charge on any atom is 0.141 e. The number of pyridine rings is 1. The van der Waals surface area contributed by atoms with Crippen LogP contribution in [0.15, 0.2) is 47.2 Å². The van der Waals surface area contributed by atoms with Crippen molar-refractivity contribution < 1.29 is 4.39 Å². The SMILES string of the molecule is CCNC(c1cncc(F)c1)c1ccccc1Br. The van der Waals surface area contributed by atoms with Crippen molar-refractivity contribution in [3.63, 3.8) is 0 Å². The van der Waals surface area contributed by atoms with E-state index < -0.39 is 0 Å². The zero-order valence-electron chi connectivity index (χ0n) is 10.0. The highest BCUT2D eigenvalue weighted by atomic mass is 79.9. The van der Waals surface area contributed by atoms with Crippen molar-refractivity contribution >= 4 is 15.9 Å². The van der Waals surface area contributed by atoms with Gasteiger partial charge in [-0.1, -0.05) is 41.1 Å². The predicted molar refractivity (Wildman–Crippen MR) is 73.9 cm³/mol. The fraction of sp³-hybridized carbons (Fsp3) is 0.214. The Hall–Kier alpha value is -1.26. The minimum absolute atomic E-state index is 0.0613. The Morgan fingerprint density at radius 1 is 1.33 bits per heavy atom. The molecular formula is C14H14BrFN2. The van der Waals surface area contributed by atoms with E-state index in [9.17, 15) is 4.39 Å². The predicted octanol–water partition coefficient (Wildman–Crippen LogP) is 3.68. The van der Waals surface area contributed by atoms with Crippen molar-refractivity contribution in [3.05, 3.63) is 64.1 Å². The number of rotatable bonds is 4. The number of hydrogen-bond donors (Lipinski definition) is 1. The van der Waals surface area contributed by atoms with Crippen LogP contribution in [0, 0.1) is 5.82 Å². The lowest BCUT2D eigenvalue weighted by Gasteiger charge is -2.19. The molecule has 1 aromatic heterocycles. The maximum atomic E-state index is 13.3. The van der Waals surface area contributed by atoms with Gasteiger partial charge in [0.2, 0.25) is 0 Å². The van der Waals surface area contributed by atoms with E-state index in [1.165, 1.54) is 12.3 Å². The molecule has 2 rings (SSSR count). The smallest absolute Gasteiger partial charge is 0.141 e. The van der Waals surface area contributed by atoms with Gasteiger partial charge in [0, 0.05) is 10.7 Å². The Bertz CT molecular complexity index is 531. The first-order valence-electron chi connectivity index (χ1n) is 5.80. The molecule has 0 bridgehead atoms.